The second-order valence-corrected chi connectivity index (χ2v) is 16.8. The Morgan fingerprint density at radius 2 is 1.15 bits per heavy atom. The summed E-state index contributed by atoms with van der Waals surface area (Å²) in [6.07, 6.45) is 12.0. The van der Waals surface area contributed by atoms with E-state index in [2.05, 4.69) is 55.0 Å². The van der Waals surface area contributed by atoms with Crippen LogP contribution < -0.4 is 4.74 Å². The largest absolute Gasteiger partial charge is 0.506 e. The molecule has 3 aliphatic rings. The summed E-state index contributed by atoms with van der Waals surface area (Å²) in [4.78, 5) is 18.0. The summed E-state index contributed by atoms with van der Waals surface area (Å²) in [6, 6.07) is 15.6. The minimum absolute atomic E-state index is 0.308. The summed E-state index contributed by atoms with van der Waals surface area (Å²) < 4.78 is 11.7. The van der Waals surface area contributed by atoms with E-state index in [1.54, 1.807) is 12.1 Å². The molecule has 4 aromatic rings. The van der Waals surface area contributed by atoms with Gasteiger partial charge in [-0.15, -0.1) is 0 Å². The molecule has 0 saturated carbocycles. The molecule has 6 heterocycles. The van der Waals surface area contributed by atoms with Gasteiger partial charge in [-0.05, 0) is 104 Å². The van der Waals surface area contributed by atoms with Crippen molar-refractivity contribution in [2.75, 3.05) is 6.61 Å². The molecule has 0 aliphatic carbocycles. The number of H-pyrrole nitrogens is 2. The highest BCUT2D eigenvalue weighted by Gasteiger charge is 2.39. The van der Waals surface area contributed by atoms with Crippen molar-refractivity contribution < 1.29 is 40.1 Å². The van der Waals surface area contributed by atoms with Crippen LogP contribution in [0.15, 0.2) is 60.0 Å². The van der Waals surface area contributed by atoms with E-state index >= 15 is 0 Å². The molecular weight excluding hydrogens is 785 g/mol. The van der Waals surface area contributed by atoms with Crippen LogP contribution in [0.25, 0.3) is 45.3 Å². The number of nitrogens with zero attached hydrogens (tertiary/aromatic N) is 2. The lowest BCUT2D eigenvalue weighted by Crippen LogP contribution is -2.45. The Morgan fingerprint density at radius 3 is 1.77 bits per heavy atom. The number of aromatic nitrogens is 4. The maximum absolute atomic E-state index is 11.9. The zero-order chi connectivity index (χ0) is 43.8. The Labute approximate surface area is 364 Å². The molecule has 332 valence electrons. The van der Waals surface area contributed by atoms with Crippen LogP contribution in [-0.2, 0) is 24.0 Å². The molecule has 8 bridgehead atoms. The van der Waals surface area contributed by atoms with Gasteiger partial charge >= 0.3 is 0 Å². The van der Waals surface area contributed by atoms with E-state index in [0.717, 1.165) is 133 Å². The van der Waals surface area contributed by atoms with Crippen molar-refractivity contribution in [3.63, 3.8) is 0 Å². The number of ether oxygens (including phenoxy) is 2. The molecule has 1 aromatic carbocycles. The number of aromatic amines is 2. The summed E-state index contributed by atoms with van der Waals surface area (Å²) >= 11 is 0. The van der Waals surface area contributed by atoms with Gasteiger partial charge < -0.3 is 50.1 Å². The van der Waals surface area contributed by atoms with E-state index in [1.807, 2.05) is 24.3 Å². The standard InChI is InChI=1S/C50H64N4O8/c1-4-7-10-13-19-32-35-22-23-37(51-35)33(20-14-11-8-5-2)43-46(57)47(58)44(54-43)34(21-15-12-9-6-3)38-25-27-40(53-38)42(39-26-24-36(32)52-39)30-17-16-18-31(28-30)61-50-49(60)48(59)45(56)41(29-55)62-50/h16-18,22-28,41,46-47,49-52,55-60H,4-15,19-21,29H2,1-3H3/t41?,46?,47?,49?,50-/m1/s1. The maximum Gasteiger partial charge on any atom is 0.234 e. The molecule has 12 heteroatoms. The van der Waals surface area contributed by atoms with Crippen molar-refractivity contribution in [2.24, 2.45) is 0 Å². The topological polar surface area (TPSA) is 197 Å². The van der Waals surface area contributed by atoms with E-state index < -0.39 is 48.8 Å². The van der Waals surface area contributed by atoms with E-state index in [0.29, 0.717) is 41.4 Å². The number of rotatable bonds is 19. The predicted octanol–water partition coefficient (Wildman–Crippen LogP) is 10.1. The molecule has 0 amide bonds. The van der Waals surface area contributed by atoms with Gasteiger partial charge in [-0.2, -0.15) is 0 Å². The Bertz CT molecular complexity index is 2400. The third-order valence-corrected chi connectivity index (χ3v) is 12.3. The van der Waals surface area contributed by atoms with Crippen LogP contribution in [0.2, 0.25) is 0 Å². The van der Waals surface area contributed by atoms with Gasteiger partial charge in [0.05, 0.1) is 29.4 Å². The number of aliphatic hydroxyl groups is 6. The molecule has 12 nitrogen and oxygen atoms in total. The first kappa shape index (κ1) is 45.1. The zero-order valence-electron chi connectivity index (χ0n) is 36.4. The fourth-order valence-corrected chi connectivity index (χ4v) is 8.84. The molecule has 5 atom stereocenters. The summed E-state index contributed by atoms with van der Waals surface area (Å²) in [5.41, 5.74) is 10.3. The number of fused-ring (bicyclic) bond motifs is 8. The summed E-state index contributed by atoms with van der Waals surface area (Å²) in [5.74, 6) is -1.05. The monoisotopic (exact) mass is 848 g/mol. The van der Waals surface area contributed by atoms with Crippen molar-refractivity contribution in [2.45, 2.75) is 148 Å². The van der Waals surface area contributed by atoms with Gasteiger partial charge in [0.2, 0.25) is 6.29 Å². The van der Waals surface area contributed by atoms with Gasteiger partial charge in [0.1, 0.15) is 24.1 Å². The highest BCUT2D eigenvalue weighted by molar-refractivity contribution is 5.92. The number of hydrogen-bond acceptors (Lipinski definition) is 10. The molecule has 62 heavy (non-hydrogen) atoms. The van der Waals surface area contributed by atoms with Crippen LogP contribution in [-0.4, -0.2) is 75.7 Å². The minimum Gasteiger partial charge on any atom is -0.506 e. The Hall–Kier alpha value is -4.98. The number of hydrogen-bond donors (Lipinski definition) is 8. The molecule has 7 rings (SSSR count). The van der Waals surface area contributed by atoms with Crippen LogP contribution >= 0.6 is 0 Å². The van der Waals surface area contributed by atoms with Crippen LogP contribution in [0.3, 0.4) is 0 Å². The first-order chi connectivity index (χ1) is 30.2. The van der Waals surface area contributed by atoms with Crippen molar-refractivity contribution in [3.8, 4) is 16.9 Å². The Kier molecular flexibility index (Phi) is 15.2. The van der Waals surface area contributed by atoms with Gasteiger partial charge in [0.25, 0.3) is 0 Å². The van der Waals surface area contributed by atoms with E-state index in [-0.39, 0.29) is 0 Å². The summed E-state index contributed by atoms with van der Waals surface area (Å²) in [5, 5.41) is 64.8. The second-order valence-electron chi connectivity index (χ2n) is 16.8. The second kappa shape index (κ2) is 20.9. The molecule has 0 fully saturated rings. The zero-order valence-corrected chi connectivity index (χ0v) is 36.4. The lowest BCUT2D eigenvalue weighted by atomic mass is 9.98. The average molecular weight is 849 g/mol. The van der Waals surface area contributed by atoms with Crippen LogP contribution in [0.1, 0.15) is 149 Å². The van der Waals surface area contributed by atoms with Crippen molar-refractivity contribution >= 4 is 34.2 Å². The highest BCUT2D eigenvalue weighted by Crippen LogP contribution is 2.40. The number of aryl methyl sites for hydroxylation is 2. The first-order valence-corrected chi connectivity index (χ1v) is 22.8. The molecule has 0 spiro atoms. The number of aliphatic hydroxyl groups excluding tert-OH is 6. The highest BCUT2D eigenvalue weighted by atomic mass is 16.7. The van der Waals surface area contributed by atoms with Gasteiger partial charge in [-0.25, -0.2) is 4.98 Å². The molecule has 3 aliphatic heterocycles. The third-order valence-electron chi connectivity index (χ3n) is 12.3. The molecule has 0 saturated heterocycles. The van der Waals surface area contributed by atoms with Crippen LogP contribution in [0.4, 0.5) is 0 Å². The van der Waals surface area contributed by atoms with Crippen molar-refractivity contribution in [3.05, 3.63) is 99.5 Å². The third kappa shape index (κ3) is 9.80. The van der Waals surface area contributed by atoms with Crippen LogP contribution in [0.5, 0.6) is 5.75 Å². The quantitative estimate of drug-likeness (QED) is 0.0370. The van der Waals surface area contributed by atoms with E-state index in [4.69, 9.17) is 19.4 Å². The Balaban J connectivity index is 1.47. The first-order valence-electron chi connectivity index (χ1n) is 22.8. The number of unbranched alkanes of at least 4 members (excludes halogenated alkanes) is 9. The van der Waals surface area contributed by atoms with Gasteiger partial charge in [0.15, 0.2) is 17.6 Å². The number of benzene rings is 1. The lowest BCUT2D eigenvalue weighted by molar-refractivity contribution is -0.192. The van der Waals surface area contributed by atoms with Crippen molar-refractivity contribution in [1.82, 2.24) is 19.9 Å². The van der Waals surface area contributed by atoms with Crippen LogP contribution in [0, 0.1) is 0 Å². The van der Waals surface area contributed by atoms with E-state index in [1.165, 1.54) is 0 Å². The molecular formula is C50H64N4O8. The SMILES string of the molecule is CCCCCCc1c2nc(c(-c3cccc(O[C@@H]4OC(CO)C(O)=C(O)C4O)c3)c3ccc([nH]3)c(CCCCCC)c3ccc([nH]3)c(CCCCCC)c3nc1C(O)C3O)C=C2. The fourth-order valence-electron chi connectivity index (χ4n) is 8.84. The lowest BCUT2D eigenvalue weighted by Gasteiger charge is -2.32. The summed E-state index contributed by atoms with van der Waals surface area (Å²) in [7, 11) is 0. The Morgan fingerprint density at radius 1 is 0.597 bits per heavy atom. The predicted molar refractivity (Wildman–Crippen MR) is 243 cm³/mol. The van der Waals surface area contributed by atoms with Gasteiger partial charge in [0, 0.05) is 33.2 Å². The molecule has 8 N–H and O–H groups in total. The molecule has 3 aromatic heterocycles. The average Bonchev–Trinajstić information content (AvgIpc) is 4.11. The normalized spacial score (nSPS) is 20.0. The number of nitrogens with one attached hydrogen (secondary N) is 2. The fraction of sp³-hybridized carbons (Fsp3) is 0.480. The van der Waals surface area contributed by atoms with Crippen molar-refractivity contribution in [1.29, 1.82) is 0 Å². The summed E-state index contributed by atoms with van der Waals surface area (Å²) in [6.45, 7) is 5.96. The van der Waals surface area contributed by atoms with Gasteiger partial charge in [-0.1, -0.05) is 90.7 Å². The van der Waals surface area contributed by atoms with Gasteiger partial charge in [-0.3, -0.25) is 4.98 Å². The minimum atomic E-state index is -1.69. The smallest absolute Gasteiger partial charge is 0.234 e. The molecule has 4 unspecified atom stereocenters. The molecule has 0 radical (unpaired) electrons. The van der Waals surface area contributed by atoms with E-state index in [9.17, 15) is 30.6 Å². The maximum atomic E-state index is 11.9.